The number of nitrogens with zero attached hydrogens (tertiary/aromatic N) is 1. The minimum absolute atomic E-state index is 0.0854. The molecule has 0 amide bonds. The predicted molar refractivity (Wildman–Crippen MR) is 132 cm³/mol. The van der Waals surface area contributed by atoms with E-state index in [-0.39, 0.29) is 43.7 Å². The SMILES string of the molecule is CC(C(=O)O)C(c1ccc2c(c1)OC1(CCN(Cc3cc(C(F)(F)F)ccc3C(F)(F)F)CC1)CC2=O)C1CC1. The molecule has 0 aromatic heterocycles. The number of ether oxygens (including phenoxy) is 1. The second kappa shape index (κ2) is 10.1. The van der Waals surface area contributed by atoms with Crippen molar-refractivity contribution in [3.63, 3.8) is 0 Å². The number of carbonyl (C=O) groups is 2. The van der Waals surface area contributed by atoms with Crippen LogP contribution in [0.25, 0.3) is 0 Å². The Morgan fingerprint density at radius 3 is 2.30 bits per heavy atom. The molecule has 1 saturated heterocycles. The lowest BCUT2D eigenvalue weighted by molar-refractivity contribution is -0.142. The zero-order valence-corrected chi connectivity index (χ0v) is 21.7. The predicted octanol–water partition coefficient (Wildman–Crippen LogP) is 6.94. The lowest BCUT2D eigenvalue weighted by Gasteiger charge is -2.44. The summed E-state index contributed by atoms with van der Waals surface area (Å²) in [6.07, 6.45) is -7.01. The van der Waals surface area contributed by atoms with Crippen LogP contribution in [-0.2, 0) is 23.7 Å². The maximum Gasteiger partial charge on any atom is 0.416 e. The number of carboxylic acid groups (broad SMARTS) is 1. The molecule has 3 aliphatic rings. The van der Waals surface area contributed by atoms with E-state index in [1.165, 1.54) is 0 Å². The van der Waals surface area contributed by atoms with Gasteiger partial charge in [0.1, 0.15) is 11.4 Å². The van der Waals surface area contributed by atoms with E-state index in [0.717, 1.165) is 18.4 Å². The highest BCUT2D eigenvalue weighted by molar-refractivity contribution is 6.00. The van der Waals surface area contributed by atoms with Gasteiger partial charge in [-0.2, -0.15) is 26.3 Å². The number of fused-ring (bicyclic) bond motifs is 1. The summed E-state index contributed by atoms with van der Waals surface area (Å²) in [6.45, 7) is 1.81. The molecule has 1 aliphatic carbocycles. The Bertz CT molecular complexity index is 1310. The number of hydrogen-bond donors (Lipinski definition) is 1. The summed E-state index contributed by atoms with van der Waals surface area (Å²) >= 11 is 0. The van der Waals surface area contributed by atoms with Gasteiger partial charge in [-0.1, -0.05) is 13.0 Å². The Balaban J connectivity index is 1.33. The number of hydrogen-bond acceptors (Lipinski definition) is 4. The number of piperidine rings is 1. The summed E-state index contributed by atoms with van der Waals surface area (Å²) in [6, 6.07) is 6.68. The maximum absolute atomic E-state index is 13.5. The number of benzene rings is 2. The van der Waals surface area contributed by atoms with Gasteiger partial charge in [-0.3, -0.25) is 14.5 Å². The Hall–Kier alpha value is -3.08. The van der Waals surface area contributed by atoms with Crippen LogP contribution < -0.4 is 4.74 Å². The van der Waals surface area contributed by atoms with Crippen LogP contribution in [0.15, 0.2) is 36.4 Å². The van der Waals surface area contributed by atoms with E-state index in [1.54, 1.807) is 30.0 Å². The average Bonchev–Trinajstić information content (AvgIpc) is 3.69. The summed E-state index contributed by atoms with van der Waals surface area (Å²) in [7, 11) is 0. The number of halogens is 6. The average molecular weight is 570 g/mol. The van der Waals surface area contributed by atoms with Crippen molar-refractivity contribution < 1.29 is 45.8 Å². The zero-order valence-electron chi connectivity index (χ0n) is 21.7. The minimum Gasteiger partial charge on any atom is -0.486 e. The molecule has 2 aliphatic heterocycles. The van der Waals surface area contributed by atoms with Crippen molar-refractivity contribution in [1.29, 1.82) is 0 Å². The first-order valence-electron chi connectivity index (χ1n) is 13.3. The summed E-state index contributed by atoms with van der Waals surface area (Å²) in [5, 5.41) is 9.61. The lowest BCUT2D eigenvalue weighted by Crippen LogP contribution is -2.50. The second-order valence-corrected chi connectivity index (χ2v) is 11.3. The topological polar surface area (TPSA) is 66.8 Å². The maximum atomic E-state index is 13.5. The molecular formula is C29H29F6NO4. The monoisotopic (exact) mass is 569 g/mol. The van der Waals surface area contributed by atoms with Crippen molar-refractivity contribution in [2.45, 2.75) is 69.4 Å². The van der Waals surface area contributed by atoms with E-state index in [4.69, 9.17) is 4.74 Å². The van der Waals surface area contributed by atoms with Gasteiger partial charge >= 0.3 is 18.3 Å². The molecule has 1 N–H and O–H groups in total. The number of carboxylic acids is 1. The van der Waals surface area contributed by atoms with Crippen LogP contribution in [0.2, 0.25) is 0 Å². The van der Waals surface area contributed by atoms with Gasteiger partial charge in [0.25, 0.3) is 0 Å². The molecule has 2 heterocycles. The highest BCUT2D eigenvalue weighted by Gasteiger charge is 2.45. The minimum atomic E-state index is -4.80. The summed E-state index contributed by atoms with van der Waals surface area (Å²) < 4.78 is 86.6. The smallest absolute Gasteiger partial charge is 0.416 e. The molecule has 2 aromatic rings. The van der Waals surface area contributed by atoms with Crippen LogP contribution in [-0.4, -0.2) is 40.4 Å². The molecule has 0 radical (unpaired) electrons. The molecule has 40 heavy (non-hydrogen) atoms. The van der Waals surface area contributed by atoms with Gasteiger partial charge in [-0.15, -0.1) is 0 Å². The molecular weight excluding hydrogens is 540 g/mol. The largest absolute Gasteiger partial charge is 0.486 e. The van der Waals surface area contributed by atoms with E-state index in [0.29, 0.717) is 42.4 Å². The standard InChI is InChI=1S/C29H29F6NO4/c1-16(26(38)39)25(17-2-3-17)18-4-6-21-23(37)14-27(40-24(21)13-18)8-10-36(11-9-27)15-19-12-20(28(30,31)32)5-7-22(19)29(33,34)35/h4-7,12-13,16-17,25H,2-3,8-11,14-15H2,1H3,(H,38,39). The van der Waals surface area contributed by atoms with Gasteiger partial charge in [0.15, 0.2) is 5.78 Å². The molecule has 2 fully saturated rings. The first-order valence-corrected chi connectivity index (χ1v) is 13.3. The number of likely N-dealkylation sites (tertiary alicyclic amines) is 1. The third-order valence-corrected chi connectivity index (χ3v) is 8.46. The normalized spacial score (nSPS) is 21.0. The van der Waals surface area contributed by atoms with Gasteiger partial charge in [-0.05, 0) is 66.1 Å². The van der Waals surface area contributed by atoms with Gasteiger partial charge in [0.2, 0.25) is 0 Å². The molecule has 1 saturated carbocycles. The quantitative estimate of drug-likeness (QED) is 0.382. The summed E-state index contributed by atoms with van der Waals surface area (Å²) in [4.78, 5) is 26.4. The zero-order chi connectivity index (χ0) is 29.0. The van der Waals surface area contributed by atoms with Gasteiger partial charge in [0.05, 0.1) is 29.0 Å². The third-order valence-electron chi connectivity index (χ3n) is 8.46. The van der Waals surface area contributed by atoms with Gasteiger partial charge < -0.3 is 9.84 Å². The van der Waals surface area contributed by atoms with Crippen molar-refractivity contribution in [3.8, 4) is 5.75 Å². The molecule has 2 unspecified atom stereocenters. The first-order chi connectivity index (χ1) is 18.7. The molecule has 2 aromatic carbocycles. The molecule has 5 rings (SSSR count). The van der Waals surface area contributed by atoms with Crippen molar-refractivity contribution in [2.75, 3.05) is 13.1 Å². The summed E-state index contributed by atoms with van der Waals surface area (Å²) in [5.41, 5.74) is -2.37. The molecule has 0 bridgehead atoms. The highest BCUT2D eigenvalue weighted by Crippen LogP contribution is 2.49. The second-order valence-electron chi connectivity index (χ2n) is 11.3. The van der Waals surface area contributed by atoms with Crippen LogP contribution in [0.3, 0.4) is 0 Å². The molecule has 1 spiro atoms. The Morgan fingerprint density at radius 1 is 1.05 bits per heavy atom. The lowest BCUT2D eigenvalue weighted by atomic mass is 9.80. The van der Waals surface area contributed by atoms with E-state index >= 15 is 0 Å². The van der Waals surface area contributed by atoms with Crippen LogP contribution in [0.4, 0.5) is 26.3 Å². The number of alkyl halides is 6. The van der Waals surface area contributed by atoms with Crippen molar-refractivity contribution in [2.24, 2.45) is 11.8 Å². The van der Waals surface area contributed by atoms with E-state index in [9.17, 15) is 41.0 Å². The molecule has 11 heteroatoms. The Morgan fingerprint density at radius 2 is 1.73 bits per heavy atom. The fourth-order valence-electron chi connectivity index (χ4n) is 6.11. The van der Waals surface area contributed by atoms with Crippen LogP contribution in [0.5, 0.6) is 5.75 Å². The van der Waals surface area contributed by atoms with E-state index < -0.39 is 46.5 Å². The van der Waals surface area contributed by atoms with E-state index in [1.807, 2.05) is 0 Å². The molecule has 2 atom stereocenters. The first kappa shape index (κ1) is 28.4. The highest BCUT2D eigenvalue weighted by atomic mass is 19.4. The van der Waals surface area contributed by atoms with Crippen molar-refractivity contribution in [1.82, 2.24) is 4.90 Å². The number of carbonyl (C=O) groups excluding carboxylic acids is 1. The van der Waals surface area contributed by atoms with Gasteiger partial charge in [0, 0.05) is 32.5 Å². The third kappa shape index (κ3) is 5.70. The van der Waals surface area contributed by atoms with Crippen LogP contribution in [0.1, 0.15) is 77.6 Å². The number of ketones is 1. The van der Waals surface area contributed by atoms with Crippen LogP contribution >= 0.6 is 0 Å². The van der Waals surface area contributed by atoms with E-state index in [2.05, 4.69) is 0 Å². The molecule has 5 nitrogen and oxygen atoms in total. The Kier molecular flexibility index (Phi) is 7.17. The fourth-order valence-corrected chi connectivity index (χ4v) is 6.11. The van der Waals surface area contributed by atoms with Crippen molar-refractivity contribution >= 4 is 11.8 Å². The number of rotatable bonds is 6. The fraction of sp³-hybridized carbons (Fsp3) is 0.517. The number of Topliss-reactive ketones (excluding diaryl/α,β-unsaturated/α-hetero) is 1. The van der Waals surface area contributed by atoms with Crippen molar-refractivity contribution in [3.05, 3.63) is 64.2 Å². The van der Waals surface area contributed by atoms with Crippen LogP contribution in [0, 0.1) is 11.8 Å². The summed E-state index contributed by atoms with van der Waals surface area (Å²) in [5.74, 6) is -1.23. The molecule has 216 valence electrons. The Labute approximate surface area is 227 Å². The number of aliphatic carboxylic acids is 1. The van der Waals surface area contributed by atoms with Gasteiger partial charge in [-0.25, -0.2) is 0 Å².